The lowest BCUT2D eigenvalue weighted by Gasteiger charge is -2.23. The summed E-state index contributed by atoms with van der Waals surface area (Å²) in [6.07, 6.45) is 1.56. The second-order valence-electron chi connectivity index (χ2n) is 5.57. The summed E-state index contributed by atoms with van der Waals surface area (Å²) in [6.45, 7) is 0. The maximum Gasteiger partial charge on any atom is 0.308 e. The fourth-order valence-electron chi connectivity index (χ4n) is 3.47. The molecule has 1 aromatic carbocycles. The van der Waals surface area contributed by atoms with Crippen LogP contribution in [0.1, 0.15) is 24.8 Å². The van der Waals surface area contributed by atoms with E-state index in [9.17, 15) is 18.3 Å². The molecule has 6 nitrogen and oxygen atoms in total. The Kier molecular flexibility index (Phi) is 3.63. The summed E-state index contributed by atoms with van der Waals surface area (Å²) in [6, 6.07) is 5.10. The predicted octanol–water partition coefficient (Wildman–Crippen LogP) is 1.84. The molecule has 2 saturated heterocycles. The van der Waals surface area contributed by atoms with Crippen molar-refractivity contribution in [3.05, 3.63) is 28.8 Å². The van der Waals surface area contributed by atoms with Crippen LogP contribution in [0, 0.1) is 17.2 Å². The summed E-state index contributed by atoms with van der Waals surface area (Å²) in [5.41, 5.74) is 0.275. The number of hydrogen-bond acceptors (Lipinski definition) is 4. The first kappa shape index (κ1) is 15.3. The third-order valence-corrected chi connectivity index (χ3v) is 6.87. The smallest absolute Gasteiger partial charge is 0.308 e. The van der Waals surface area contributed by atoms with Crippen molar-refractivity contribution >= 4 is 27.6 Å². The minimum absolute atomic E-state index is 0.0165. The van der Waals surface area contributed by atoms with E-state index in [0.29, 0.717) is 19.3 Å². The van der Waals surface area contributed by atoms with E-state index in [1.54, 1.807) is 0 Å². The molecule has 2 bridgehead atoms. The van der Waals surface area contributed by atoms with Crippen molar-refractivity contribution in [2.24, 2.45) is 5.92 Å². The zero-order valence-electron chi connectivity index (χ0n) is 11.4. The highest BCUT2D eigenvalue weighted by Gasteiger charge is 2.54. The van der Waals surface area contributed by atoms with Crippen molar-refractivity contribution in [3.8, 4) is 6.07 Å². The number of halogens is 1. The third kappa shape index (κ3) is 2.19. The Morgan fingerprint density at radius 1 is 1.41 bits per heavy atom. The first-order valence-corrected chi connectivity index (χ1v) is 8.64. The van der Waals surface area contributed by atoms with E-state index in [1.165, 1.54) is 22.5 Å². The number of nitrogens with zero attached hydrogens (tertiary/aromatic N) is 2. The Bertz CT molecular complexity index is 787. The molecule has 0 spiro atoms. The summed E-state index contributed by atoms with van der Waals surface area (Å²) in [4.78, 5) is 11.2. The van der Waals surface area contributed by atoms with Crippen LogP contribution in [0.25, 0.3) is 0 Å². The number of fused-ring (bicyclic) bond motifs is 2. The van der Waals surface area contributed by atoms with Crippen LogP contribution in [-0.4, -0.2) is 35.9 Å². The van der Waals surface area contributed by atoms with Gasteiger partial charge in [0.1, 0.15) is 4.90 Å². The Morgan fingerprint density at radius 2 is 2.14 bits per heavy atom. The SMILES string of the molecule is N#Cc1ccc(S(=O)(=O)N2C3CCC2C(C(=O)O)C3)c(Cl)c1. The van der Waals surface area contributed by atoms with E-state index < -0.39 is 28.0 Å². The van der Waals surface area contributed by atoms with Crippen molar-refractivity contribution in [1.82, 2.24) is 4.31 Å². The highest BCUT2D eigenvalue weighted by atomic mass is 35.5. The van der Waals surface area contributed by atoms with Crippen LogP contribution in [0.3, 0.4) is 0 Å². The second-order valence-corrected chi connectivity index (χ2v) is 7.79. The predicted molar refractivity (Wildman–Crippen MR) is 77.7 cm³/mol. The lowest BCUT2D eigenvalue weighted by molar-refractivity contribution is -0.142. The van der Waals surface area contributed by atoms with Crippen LogP contribution in [0.2, 0.25) is 5.02 Å². The van der Waals surface area contributed by atoms with E-state index in [4.69, 9.17) is 16.9 Å². The Labute approximate surface area is 133 Å². The van der Waals surface area contributed by atoms with Crippen LogP contribution in [-0.2, 0) is 14.8 Å². The minimum Gasteiger partial charge on any atom is -0.481 e. The van der Waals surface area contributed by atoms with Crippen molar-refractivity contribution in [2.75, 3.05) is 0 Å². The van der Waals surface area contributed by atoms with Gasteiger partial charge in [-0.1, -0.05) is 11.6 Å². The average Bonchev–Trinajstić information content (AvgIpc) is 3.05. The highest BCUT2D eigenvalue weighted by Crippen LogP contribution is 2.45. The molecule has 2 fully saturated rings. The molecule has 1 N–H and O–H groups in total. The van der Waals surface area contributed by atoms with Gasteiger partial charge in [-0.25, -0.2) is 8.42 Å². The standard InChI is InChI=1S/C14H13ClN2O4S/c15-11-5-8(7-16)1-4-13(11)22(20,21)17-9-2-3-12(17)10(6-9)14(18)19/h1,4-5,9-10,12H,2-3,6H2,(H,18,19). The molecule has 0 aromatic heterocycles. The van der Waals surface area contributed by atoms with Crippen molar-refractivity contribution < 1.29 is 18.3 Å². The van der Waals surface area contributed by atoms with Gasteiger partial charge in [0.15, 0.2) is 0 Å². The Balaban J connectivity index is 2.01. The van der Waals surface area contributed by atoms with Gasteiger partial charge in [-0.15, -0.1) is 0 Å². The summed E-state index contributed by atoms with van der Waals surface area (Å²) >= 11 is 6.01. The van der Waals surface area contributed by atoms with Gasteiger partial charge >= 0.3 is 5.97 Å². The van der Waals surface area contributed by atoms with Gasteiger partial charge in [0.25, 0.3) is 0 Å². The normalized spacial score (nSPS) is 27.7. The van der Waals surface area contributed by atoms with Gasteiger partial charge in [0.05, 0.1) is 22.6 Å². The third-order valence-electron chi connectivity index (χ3n) is 4.41. The van der Waals surface area contributed by atoms with Crippen LogP contribution < -0.4 is 0 Å². The molecule has 0 radical (unpaired) electrons. The van der Waals surface area contributed by atoms with Crippen molar-refractivity contribution in [2.45, 2.75) is 36.2 Å². The maximum absolute atomic E-state index is 12.8. The molecule has 3 atom stereocenters. The lowest BCUT2D eigenvalue weighted by Crippen LogP contribution is -2.37. The zero-order valence-corrected chi connectivity index (χ0v) is 13.0. The van der Waals surface area contributed by atoms with Gasteiger partial charge in [-0.05, 0) is 37.5 Å². The van der Waals surface area contributed by atoms with E-state index in [-0.39, 0.29) is 21.5 Å². The molecule has 2 heterocycles. The quantitative estimate of drug-likeness (QED) is 0.905. The lowest BCUT2D eigenvalue weighted by atomic mass is 9.89. The van der Waals surface area contributed by atoms with Gasteiger partial charge in [-0.3, -0.25) is 4.79 Å². The van der Waals surface area contributed by atoms with Crippen LogP contribution in [0.4, 0.5) is 0 Å². The number of nitriles is 1. The number of aliphatic carboxylic acids is 1. The molecule has 22 heavy (non-hydrogen) atoms. The molecule has 0 amide bonds. The number of benzene rings is 1. The van der Waals surface area contributed by atoms with Gasteiger partial charge < -0.3 is 5.11 Å². The number of hydrogen-bond donors (Lipinski definition) is 1. The highest BCUT2D eigenvalue weighted by molar-refractivity contribution is 7.89. The number of sulfonamides is 1. The fraction of sp³-hybridized carbons (Fsp3) is 0.429. The molecule has 0 saturated carbocycles. The Morgan fingerprint density at radius 3 is 2.68 bits per heavy atom. The van der Waals surface area contributed by atoms with E-state index in [1.807, 2.05) is 6.07 Å². The van der Waals surface area contributed by atoms with Gasteiger partial charge in [-0.2, -0.15) is 9.57 Å². The molecule has 2 aliphatic rings. The molecular weight excluding hydrogens is 328 g/mol. The summed E-state index contributed by atoms with van der Waals surface area (Å²) in [7, 11) is -3.87. The number of rotatable bonds is 3. The number of carboxylic acids is 1. The van der Waals surface area contributed by atoms with Crippen molar-refractivity contribution in [1.29, 1.82) is 5.26 Å². The molecular formula is C14H13ClN2O4S. The first-order chi connectivity index (χ1) is 10.4. The molecule has 0 aliphatic carbocycles. The van der Waals surface area contributed by atoms with Gasteiger partial charge in [0.2, 0.25) is 10.0 Å². The molecule has 3 rings (SSSR count). The molecule has 116 valence electrons. The second kappa shape index (κ2) is 5.23. The van der Waals surface area contributed by atoms with Crippen molar-refractivity contribution in [3.63, 3.8) is 0 Å². The average molecular weight is 341 g/mol. The van der Waals surface area contributed by atoms with Crippen LogP contribution in [0.15, 0.2) is 23.1 Å². The first-order valence-electron chi connectivity index (χ1n) is 6.82. The largest absolute Gasteiger partial charge is 0.481 e. The monoisotopic (exact) mass is 340 g/mol. The topological polar surface area (TPSA) is 98.5 Å². The maximum atomic E-state index is 12.8. The Hall–Kier alpha value is -1.62. The minimum atomic E-state index is -3.87. The van der Waals surface area contributed by atoms with Crippen LogP contribution >= 0.6 is 11.6 Å². The fourth-order valence-corrected chi connectivity index (χ4v) is 5.91. The number of carbonyl (C=O) groups is 1. The van der Waals surface area contributed by atoms with E-state index >= 15 is 0 Å². The molecule has 1 aromatic rings. The van der Waals surface area contributed by atoms with Gasteiger partial charge in [0, 0.05) is 12.1 Å². The number of carboxylic acid groups (broad SMARTS) is 1. The molecule has 2 aliphatic heterocycles. The van der Waals surface area contributed by atoms with E-state index in [0.717, 1.165) is 0 Å². The summed E-state index contributed by atoms with van der Waals surface area (Å²) < 4.78 is 27.0. The van der Waals surface area contributed by atoms with E-state index in [2.05, 4.69) is 0 Å². The zero-order chi connectivity index (χ0) is 16.1. The van der Waals surface area contributed by atoms with Crippen LogP contribution in [0.5, 0.6) is 0 Å². The molecule has 8 heteroatoms. The molecule has 3 unspecified atom stereocenters. The summed E-state index contributed by atoms with van der Waals surface area (Å²) in [5, 5.41) is 18.0. The summed E-state index contributed by atoms with van der Waals surface area (Å²) in [5.74, 6) is -1.62.